The molecule has 0 aromatic heterocycles. The Morgan fingerprint density at radius 2 is 1.67 bits per heavy atom. The second-order valence-corrected chi connectivity index (χ2v) is 6.91. The van der Waals surface area contributed by atoms with Crippen molar-refractivity contribution in [3.05, 3.63) is 0 Å². The number of likely N-dealkylation sites (tertiary alicyclic amines) is 1. The fourth-order valence-electron chi connectivity index (χ4n) is 3.86. The monoisotopic (exact) mass is 295 g/mol. The van der Waals surface area contributed by atoms with E-state index >= 15 is 0 Å². The maximum absolute atomic E-state index is 12.5. The number of rotatable bonds is 4. The number of carboxylic acid groups (broad SMARTS) is 1. The summed E-state index contributed by atoms with van der Waals surface area (Å²) in [6, 6.07) is 0. The van der Waals surface area contributed by atoms with E-state index in [0.29, 0.717) is 12.8 Å². The molecule has 1 N–H and O–H groups in total. The highest BCUT2D eigenvalue weighted by Gasteiger charge is 2.41. The second kappa shape index (κ2) is 7.28. The zero-order chi connectivity index (χ0) is 15.3. The van der Waals surface area contributed by atoms with Gasteiger partial charge in [0.2, 0.25) is 5.91 Å². The summed E-state index contributed by atoms with van der Waals surface area (Å²) in [4.78, 5) is 26.2. The number of hydrogen-bond donors (Lipinski definition) is 1. The van der Waals surface area contributed by atoms with Gasteiger partial charge in [0.25, 0.3) is 0 Å². The van der Waals surface area contributed by atoms with Gasteiger partial charge in [-0.3, -0.25) is 9.59 Å². The third-order valence-corrected chi connectivity index (χ3v) is 5.55. The lowest BCUT2D eigenvalue weighted by molar-refractivity contribution is -0.155. The van der Waals surface area contributed by atoms with E-state index < -0.39 is 11.4 Å². The van der Waals surface area contributed by atoms with Crippen molar-refractivity contribution >= 4 is 11.9 Å². The minimum absolute atomic E-state index is 0.0638. The lowest BCUT2D eigenvalue weighted by atomic mass is 9.77. The minimum Gasteiger partial charge on any atom is -0.481 e. The van der Waals surface area contributed by atoms with Gasteiger partial charge in [-0.15, -0.1) is 0 Å². The van der Waals surface area contributed by atoms with Crippen LogP contribution in [-0.4, -0.2) is 35.0 Å². The Balaban J connectivity index is 1.97. The molecule has 1 aliphatic heterocycles. The summed E-state index contributed by atoms with van der Waals surface area (Å²) >= 11 is 0. The van der Waals surface area contributed by atoms with E-state index in [4.69, 9.17) is 0 Å². The number of nitrogens with zero attached hydrogens (tertiary/aromatic N) is 1. The molecule has 4 nitrogen and oxygen atoms in total. The van der Waals surface area contributed by atoms with Crippen molar-refractivity contribution in [2.75, 3.05) is 13.1 Å². The van der Waals surface area contributed by atoms with E-state index in [2.05, 4.69) is 6.92 Å². The summed E-state index contributed by atoms with van der Waals surface area (Å²) in [6.07, 6.45) is 8.95. The largest absolute Gasteiger partial charge is 0.481 e. The lowest BCUT2D eigenvalue weighted by Crippen LogP contribution is -2.43. The molecule has 0 radical (unpaired) electrons. The van der Waals surface area contributed by atoms with Crippen molar-refractivity contribution in [2.45, 2.75) is 71.1 Å². The van der Waals surface area contributed by atoms with Crippen LogP contribution in [0.15, 0.2) is 0 Å². The first kappa shape index (κ1) is 16.3. The van der Waals surface area contributed by atoms with E-state index in [1.165, 1.54) is 6.42 Å². The van der Waals surface area contributed by atoms with Crippen LogP contribution >= 0.6 is 0 Å². The molecule has 2 rings (SSSR count). The third-order valence-electron chi connectivity index (χ3n) is 5.55. The molecule has 21 heavy (non-hydrogen) atoms. The molecule has 1 saturated carbocycles. The molecule has 1 heterocycles. The maximum atomic E-state index is 12.5. The van der Waals surface area contributed by atoms with E-state index in [9.17, 15) is 14.7 Å². The van der Waals surface area contributed by atoms with Crippen LogP contribution in [0, 0.1) is 11.3 Å². The molecule has 4 heteroatoms. The summed E-state index contributed by atoms with van der Waals surface area (Å²) in [5.74, 6) is 0.0374. The number of carboxylic acids is 1. The molecule has 0 spiro atoms. The number of amides is 1. The van der Waals surface area contributed by atoms with Gasteiger partial charge in [0.1, 0.15) is 0 Å². The predicted octanol–water partition coefficient (Wildman–Crippen LogP) is 3.45. The van der Waals surface area contributed by atoms with Gasteiger partial charge >= 0.3 is 5.97 Å². The van der Waals surface area contributed by atoms with Crippen LogP contribution < -0.4 is 0 Å². The fraction of sp³-hybridized carbons (Fsp3) is 0.882. The highest BCUT2D eigenvalue weighted by molar-refractivity contribution is 5.85. The standard InChI is InChI=1S/C17H29NO3/c1-2-14-7-11-18(12-8-14)15(19)13-17(16(20)21)9-5-3-4-6-10-17/h14H,2-13H2,1H3,(H,20,21). The molecular formula is C17H29NO3. The molecule has 120 valence electrons. The van der Waals surface area contributed by atoms with Crippen LogP contribution in [0.2, 0.25) is 0 Å². The summed E-state index contributed by atoms with van der Waals surface area (Å²) < 4.78 is 0. The normalized spacial score (nSPS) is 23.6. The van der Waals surface area contributed by atoms with Gasteiger partial charge in [-0.25, -0.2) is 0 Å². The number of piperidine rings is 1. The predicted molar refractivity (Wildman–Crippen MR) is 82.0 cm³/mol. The molecule has 0 aromatic carbocycles. The topological polar surface area (TPSA) is 57.6 Å². The summed E-state index contributed by atoms with van der Waals surface area (Å²) in [6.45, 7) is 3.83. The van der Waals surface area contributed by atoms with Crippen LogP contribution in [0.1, 0.15) is 71.1 Å². The summed E-state index contributed by atoms with van der Waals surface area (Å²) in [5, 5.41) is 9.67. The molecule has 0 aromatic rings. The second-order valence-electron chi connectivity index (χ2n) is 6.91. The van der Waals surface area contributed by atoms with Crippen molar-refractivity contribution in [2.24, 2.45) is 11.3 Å². The Bertz CT molecular complexity index is 364. The highest BCUT2D eigenvalue weighted by Crippen LogP contribution is 2.39. The summed E-state index contributed by atoms with van der Waals surface area (Å²) in [7, 11) is 0. The first-order chi connectivity index (χ1) is 10.1. The Hall–Kier alpha value is -1.06. The van der Waals surface area contributed by atoms with Crippen LogP contribution in [0.4, 0.5) is 0 Å². The lowest BCUT2D eigenvalue weighted by Gasteiger charge is -2.35. The van der Waals surface area contributed by atoms with Gasteiger partial charge in [-0.1, -0.05) is 39.0 Å². The fourth-order valence-corrected chi connectivity index (χ4v) is 3.86. The van der Waals surface area contributed by atoms with Crippen molar-refractivity contribution in [1.29, 1.82) is 0 Å². The third kappa shape index (κ3) is 3.98. The molecule has 2 aliphatic rings. The molecule has 1 saturated heterocycles. The Morgan fingerprint density at radius 1 is 1.10 bits per heavy atom. The minimum atomic E-state index is -0.796. The molecule has 1 aliphatic carbocycles. The Morgan fingerprint density at radius 3 is 2.14 bits per heavy atom. The van der Waals surface area contributed by atoms with E-state index in [0.717, 1.165) is 57.5 Å². The number of carbonyl (C=O) groups is 2. The first-order valence-electron chi connectivity index (χ1n) is 8.58. The molecule has 2 fully saturated rings. The highest BCUT2D eigenvalue weighted by atomic mass is 16.4. The average molecular weight is 295 g/mol. The molecule has 0 atom stereocenters. The summed E-state index contributed by atoms with van der Waals surface area (Å²) in [5.41, 5.74) is -0.796. The number of carbonyl (C=O) groups excluding carboxylic acids is 1. The zero-order valence-electron chi connectivity index (χ0n) is 13.3. The van der Waals surface area contributed by atoms with Gasteiger partial charge in [0.15, 0.2) is 0 Å². The van der Waals surface area contributed by atoms with Crippen molar-refractivity contribution in [1.82, 2.24) is 4.90 Å². The number of hydrogen-bond acceptors (Lipinski definition) is 2. The van der Waals surface area contributed by atoms with Crippen LogP contribution in [-0.2, 0) is 9.59 Å². The zero-order valence-corrected chi connectivity index (χ0v) is 13.3. The quantitative estimate of drug-likeness (QED) is 0.808. The number of aliphatic carboxylic acids is 1. The van der Waals surface area contributed by atoms with E-state index in [1.54, 1.807) is 0 Å². The van der Waals surface area contributed by atoms with Gasteiger partial charge in [0, 0.05) is 19.5 Å². The van der Waals surface area contributed by atoms with Crippen molar-refractivity contribution in [3.8, 4) is 0 Å². The average Bonchev–Trinajstić information content (AvgIpc) is 2.74. The van der Waals surface area contributed by atoms with Gasteiger partial charge in [0.05, 0.1) is 5.41 Å². The van der Waals surface area contributed by atoms with Crippen LogP contribution in [0.5, 0.6) is 0 Å². The van der Waals surface area contributed by atoms with Gasteiger partial charge < -0.3 is 10.0 Å². The molecule has 0 unspecified atom stereocenters. The van der Waals surface area contributed by atoms with Crippen molar-refractivity contribution < 1.29 is 14.7 Å². The maximum Gasteiger partial charge on any atom is 0.310 e. The smallest absolute Gasteiger partial charge is 0.310 e. The van der Waals surface area contributed by atoms with Crippen LogP contribution in [0.3, 0.4) is 0 Å². The van der Waals surface area contributed by atoms with E-state index in [-0.39, 0.29) is 12.3 Å². The van der Waals surface area contributed by atoms with E-state index in [1.807, 2.05) is 4.90 Å². The van der Waals surface area contributed by atoms with Crippen LogP contribution in [0.25, 0.3) is 0 Å². The molecule has 1 amide bonds. The van der Waals surface area contributed by atoms with Crippen molar-refractivity contribution in [3.63, 3.8) is 0 Å². The first-order valence-corrected chi connectivity index (χ1v) is 8.58. The van der Waals surface area contributed by atoms with Gasteiger partial charge in [-0.2, -0.15) is 0 Å². The Kier molecular flexibility index (Phi) is 5.65. The molecule has 0 bridgehead atoms. The Labute approximate surface area is 127 Å². The molecular weight excluding hydrogens is 266 g/mol. The SMILES string of the molecule is CCC1CCN(C(=O)CC2(C(=O)O)CCCCCC2)CC1. The van der Waals surface area contributed by atoms with Gasteiger partial charge in [-0.05, 0) is 31.6 Å².